The highest BCUT2D eigenvalue weighted by Crippen LogP contribution is 2.38. The van der Waals surface area contributed by atoms with Gasteiger partial charge in [-0.2, -0.15) is 0 Å². The maximum atomic E-state index is 13.2. The van der Waals surface area contributed by atoms with Crippen LogP contribution < -0.4 is 4.74 Å². The molecule has 0 fully saturated rings. The predicted molar refractivity (Wildman–Crippen MR) is 125 cm³/mol. The predicted octanol–water partition coefficient (Wildman–Crippen LogP) is 6.99. The second kappa shape index (κ2) is 8.09. The molecule has 3 heteroatoms. The van der Waals surface area contributed by atoms with Crippen molar-refractivity contribution < 1.29 is 14.6 Å². The number of aromatic hydroxyl groups is 1. The van der Waals surface area contributed by atoms with Gasteiger partial charge in [0, 0.05) is 5.56 Å². The maximum absolute atomic E-state index is 13.2. The van der Waals surface area contributed by atoms with E-state index >= 15 is 0 Å². The van der Waals surface area contributed by atoms with E-state index in [1.165, 1.54) is 0 Å². The number of phenolic OH excluding ortho intramolecular Hbond substituents is 1. The van der Waals surface area contributed by atoms with Crippen molar-refractivity contribution in [3.8, 4) is 11.5 Å². The average Bonchev–Trinajstić information content (AvgIpc) is 2.58. The van der Waals surface area contributed by atoms with E-state index < -0.39 is 5.92 Å². The van der Waals surface area contributed by atoms with Gasteiger partial charge in [-0.15, -0.1) is 0 Å². The molecule has 1 atom stereocenters. The minimum Gasteiger partial charge on any atom is -0.508 e. The summed E-state index contributed by atoms with van der Waals surface area (Å²) in [4.78, 5) is 13.2. The fourth-order valence-electron chi connectivity index (χ4n) is 3.61. The van der Waals surface area contributed by atoms with Gasteiger partial charge in [-0.25, -0.2) is 0 Å². The maximum Gasteiger partial charge on any atom is 0.318 e. The van der Waals surface area contributed by atoms with E-state index in [0.717, 1.165) is 22.3 Å². The normalized spacial score (nSPS) is 13.8. The molecule has 0 aliphatic heterocycles. The zero-order chi connectivity index (χ0) is 23.1. The summed E-state index contributed by atoms with van der Waals surface area (Å²) in [7, 11) is 0. The first-order valence-corrected chi connectivity index (χ1v) is 10.7. The fourth-order valence-corrected chi connectivity index (χ4v) is 3.61. The smallest absolute Gasteiger partial charge is 0.318 e. The van der Waals surface area contributed by atoms with Crippen molar-refractivity contribution in [1.29, 1.82) is 0 Å². The number of rotatable bonds is 3. The Labute approximate surface area is 182 Å². The first kappa shape index (κ1) is 24.0. The Hall–Kier alpha value is -2.29. The Morgan fingerprint density at radius 2 is 1.33 bits per heavy atom. The third-order valence-electron chi connectivity index (χ3n) is 5.53. The standard InChI is InChI=1S/C27H38O3/c1-17(20-16-19(28)12-14-21(20)26(5,6)7)24(29)30-23-15-18(25(2,3)4)11-13-22(23)27(8,9)10/h11-17,28H,1-10H3. The van der Waals surface area contributed by atoms with Crippen LogP contribution in [0.25, 0.3) is 0 Å². The highest BCUT2D eigenvalue weighted by atomic mass is 16.5. The minimum atomic E-state index is -0.502. The summed E-state index contributed by atoms with van der Waals surface area (Å²) in [5.41, 5.74) is 3.60. The van der Waals surface area contributed by atoms with Crippen LogP contribution in [0.5, 0.6) is 11.5 Å². The summed E-state index contributed by atoms with van der Waals surface area (Å²) in [6.07, 6.45) is 0. The number of carbonyl (C=O) groups is 1. The molecule has 0 aliphatic rings. The van der Waals surface area contributed by atoms with E-state index in [-0.39, 0.29) is 28.0 Å². The van der Waals surface area contributed by atoms with Crippen LogP contribution in [0, 0.1) is 0 Å². The highest BCUT2D eigenvalue weighted by molar-refractivity contribution is 5.81. The third-order valence-corrected chi connectivity index (χ3v) is 5.53. The van der Waals surface area contributed by atoms with Crippen molar-refractivity contribution in [3.05, 3.63) is 58.7 Å². The molecule has 1 N–H and O–H groups in total. The molecule has 0 amide bonds. The topological polar surface area (TPSA) is 46.5 Å². The number of ether oxygens (including phenoxy) is 1. The molecular weight excluding hydrogens is 372 g/mol. The zero-order valence-electron chi connectivity index (χ0n) is 20.3. The van der Waals surface area contributed by atoms with Crippen molar-refractivity contribution in [2.75, 3.05) is 0 Å². The van der Waals surface area contributed by atoms with Gasteiger partial charge in [0.05, 0.1) is 5.92 Å². The second-order valence-electron chi connectivity index (χ2n) is 11.4. The largest absolute Gasteiger partial charge is 0.508 e. The van der Waals surface area contributed by atoms with Crippen molar-refractivity contribution >= 4 is 5.97 Å². The van der Waals surface area contributed by atoms with Crippen LogP contribution in [0.3, 0.4) is 0 Å². The number of hydrogen-bond acceptors (Lipinski definition) is 3. The van der Waals surface area contributed by atoms with Gasteiger partial charge in [-0.05, 0) is 58.1 Å². The lowest BCUT2D eigenvalue weighted by molar-refractivity contribution is -0.135. The van der Waals surface area contributed by atoms with Gasteiger partial charge < -0.3 is 9.84 Å². The van der Waals surface area contributed by atoms with E-state index in [0.29, 0.717) is 5.75 Å². The number of carbonyl (C=O) groups excluding carboxylic acids is 1. The lowest BCUT2D eigenvalue weighted by Crippen LogP contribution is -2.23. The quantitative estimate of drug-likeness (QED) is 0.438. The first-order valence-electron chi connectivity index (χ1n) is 10.7. The fraction of sp³-hybridized carbons (Fsp3) is 0.519. The number of hydrogen-bond donors (Lipinski definition) is 1. The van der Waals surface area contributed by atoms with Gasteiger partial charge in [0.25, 0.3) is 0 Å². The molecule has 0 saturated carbocycles. The van der Waals surface area contributed by atoms with Crippen molar-refractivity contribution in [2.24, 2.45) is 0 Å². The molecular formula is C27H38O3. The van der Waals surface area contributed by atoms with E-state index in [4.69, 9.17) is 4.74 Å². The molecule has 0 saturated heterocycles. The van der Waals surface area contributed by atoms with Gasteiger partial charge in [0.15, 0.2) is 0 Å². The molecule has 164 valence electrons. The molecule has 0 spiro atoms. The van der Waals surface area contributed by atoms with Crippen LogP contribution in [0.15, 0.2) is 36.4 Å². The van der Waals surface area contributed by atoms with Gasteiger partial charge in [0.1, 0.15) is 11.5 Å². The summed E-state index contributed by atoms with van der Waals surface area (Å²) >= 11 is 0. The summed E-state index contributed by atoms with van der Waals surface area (Å²) in [6, 6.07) is 11.4. The number of benzene rings is 2. The van der Waals surface area contributed by atoms with Crippen LogP contribution in [-0.4, -0.2) is 11.1 Å². The Morgan fingerprint density at radius 1 is 0.800 bits per heavy atom. The van der Waals surface area contributed by atoms with Crippen molar-refractivity contribution in [3.63, 3.8) is 0 Å². The third kappa shape index (κ3) is 5.44. The molecule has 0 heterocycles. The van der Waals surface area contributed by atoms with Crippen LogP contribution in [0.1, 0.15) is 97.4 Å². The minimum absolute atomic E-state index is 0.0478. The lowest BCUT2D eigenvalue weighted by Gasteiger charge is -2.28. The number of esters is 1. The van der Waals surface area contributed by atoms with Crippen LogP contribution in [0.2, 0.25) is 0 Å². The molecule has 2 aromatic carbocycles. The Balaban J connectivity index is 2.49. The average molecular weight is 411 g/mol. The van der Waals surface area contributed by atoms with Gasteiger partial charge >= 0.3 is 5.97 Å². The Kier molecular flexibility index (Phi) is 6.47. The summed E-state index contributed by atoms with van der Waals surface area (Å²) < 4.78 is 6.01. The molecule has 0 radical (unpaired) electrons. The molecule has 0 bridgehead atoms. The Morgan fingerprint density at radius 3 is 1.83 bits per heavy atom. The second-order valence-corrected chi connectivity index (χ2v) is 11.4. The molecule has 0 aliphatic carbocycles. The Bertz CT molecular complexity index is 919. The van der Waals surface area contributed by atoms with Gasteiger partial charge in [-0.1, -0.05) is 80.5 Å². The molecule has 0 aromatic heterocycles. The molecule has 2 rings (SSSR count). The van der Waals surface area contributed by atoms with Crippen molar-refractivity contribution in [1.82, 2.24) is 0 Å². The first-order chi connectivity index (χ1) is 13.5. The zero-order valence-corrected chi connectivity index (χ0v) is 20.3. The van der Waals surface area contributed by atoms with Crippen LogP contribution in [-0.2, 0) is 21.0 Å². The van der Waals surface area contributed by atoms with E-state index in [2.05, 4.69) is 74.4 Å². The van der Waals surface area contributed by atoms with Crippen LogP contribution >= 0.6 is 0 Å². The van der Waals surface area contributed by atoms with Crippen molar-refractivity contribution in [2.45, 2.75) is 91.4 Å². The lowest BCUT2D eigenvalue weighted by atomic mass is 9.80. The van der Waals surface area contributed by atoms with E-state index in [1.54, 1.807) is 12.1 Å². The van der Waals surface area contributed by atoms with Crippen LogP contribution in [0.4, 0.5) is 0 Å². The van der Waals surface area contributed by atoms with E-state index in [9.17, 15) is 9.90 Å². The molecule has 1 unspecified atom stereocenters. The monoisotopic (exact) mass is 410 g/mol. The van der Waals surface area contributed by atoms with Gasteiger partial charge in [-0.3, -0.25) is 4.79 Å². The van der Waals surface area contributed by atoms with E-state index in [1.807, 2.05) is 19.1 Å². The summed E-state index contributed by atoms with van der Waals surface area (Å²) in [5, 5.41) is 10.0. The highest BCUT2D eigenvalue weighted by Gasteiger charge is 2.29. The molecule has 3 nitrogen and oxygen atoms in total. The van der Waals surface area contributed by atoms with Gasteiger partial charge in [0.2, 0.25) is 0 Å². The summed E-state index contributed by atoms with van der Waals surface area (Å²) in [6.45, 7) is 21.0. The molecule has 30 heavy (non-hydrogen) atoms. The molecule has 2 aromatic rings. The SMILES string of the molecule is CC(C(=O)Oc1cc(C(C)(C)C)ccc1C(C)(C)C)c1cc(O)ccc1C(C)(C)C. The number of phenols is 1. The summed E-state index contributed by atoms with van der Waals surface area (Å²) in [5.74, 6) is -0.0490.